The van der Waals surface area contributed by atoms with Crippen LogP contribution < -0.4 is 10.6 Å². The highest BCUT2D eigenvalue weighted by Crippen LogP contribution is 2.21. The van der Waals surface area contributed by atoms with E-state index in [9.17, 15) is 18.8 Å². The fourth-order valence-electron chi connectivity index (χ4n) is 3.64. The van der Waals surface area contributed by atoms with Crippen molar-refractivity contribution in [3.63, 3.8) is 0 Å². The van der Waals surface area contributed by atoms with E-state index >= 15 is 0 Å². The molecule has 0 aliphatic carbocycles. The Hall–Kier alpha value is -3.54. The van der Waals surface area contributed by atoms with E-state index in [-0.39, 0.29) is 18.1 Å². The summed E-state index contributed by atoms with van der Waals surface area (Å²) in [6.07, 6.45) is -0.213. The van der Waals surface area contributed by atoms with Crippen molar-refractivity contribution in [1.82, 2.24) is 29.8 Å². The summed E-state index contributed by atoms with van der Waals surface area (Å²) >= 11 is 1.19. The number of hydrogen-bond acceptors (Lipinski definition) is 7. The number of piperazine rings is 1. The van der Waals surface area contributed by atoms with Crippen LogP contribution in [0.15, 0.2) is 35.5 Å². The number of carbonyl (C=O) groups is 3. The van der Waals surface area contributed by atoms with Gasteiger partial charge in [-0.15, -0.1) is 10.2 Å². The van der Waals surface area contributed by atoms with Gasteiger partial charge in [-0.2, -0.15) is 0 Å². The van der Waals surface area contributed by atoms with Gasteiger partial charge in [-0.25, -0.2) is 9.37 Å². The van der Waals surface area contributed by atoms with Gasteiger partial charge in [0.2, 0.25) is 17.7 Å². The molecule has 3 amide bonds. The summed E-state index contributed by atoms with van der Waals surface area (Å²) in [5.41, 5.74) is 2.12. The molecule has 1 atom stereocenters. The minimum absolute atomic E-state index is 0.0253. The van der Waals surface area contributed by atoms with Gasteiger partial charge in [-0.05, 0) is 44.2 Å². The summed E-state index contributed by atoms with van der Waals surface area (Å²) in [5, 5.41) is 14.0. The summed E-state index contributed by atoms with van der Waals surface area (Å²) in [6.45, 7) is 4.37. The Kier molecular flexibility index (Phi) is 6.54. The third kappa shape index (κ3) is 5.11. The van der Waals surface area contributed by atoms with Crippen LogP contribution in [0, 0.1) is 19.7 Å². The fraction of sp³-hybridized carbons (Fsp3) is 0.333. The number of carbonyl (C=O) groups excluding carboxylic acids is 3. The molecule has 0 radical (unpaired) electrons. The van der Waals surface area contributed by atoms with Gasteiger partial charge in [-0.3, -0.25) is 18.8 Å². The smallest absolute Gasteiger partial charge is 0.256 e. The van der Waals surface area contributed by atoms with Gasteiger partial charge in [0, 0.05) is 30.2 Å². The number of benzene rings is 1. The van der Waals surface area contributed by atoms with E-state index in [2.05, 4.69) is 25.8 Å². The molecule has 0 bridgehead atoms. The van der Waals surface area contributed by atoms with E-state index < -0.39 is 23.7 Å². The summed E-state index contributed by atoms with van der Waals surface area (Å²) in [6, 6.07) is 6.26. The van der Waals surface area contributed by atoms with E-state index in [1.165, 1.54) is 40.9 Å². The quantitative estimate of drug-likeness (QED) is 0.520. The Balaban J connectivity index is 1.42. The van der Waals surface area contributed by atoms with Gasteiger partial charge in [0.05, 0.1) is 12.2 Å². The van der Waals surface area contributed by atoms with Crippen molar-refractivity contribution in [3.05, 3.63) is 47.5 Å². The fourth-order valence-corrected chi connectivity index (χ4v) is 4.51. The van der Waals surface area contributed by atoms with Gasteiger partial charge in [0.15, 0.2) is 5.16 Å². The molecular weight excluding hydrogens is 449 g/mol. The molecule has 2 aromatic heterocycles. The van der Waals surface area contributed by atoms with Gasteiger partial charge in [-0.1, -0.05) is 11.8 Å². The molecule has 1 aromatic carbocycles. The zero-order chi connectivity index (χ0) is 23.5. The van der Waals surface area contributed by atoms with Crippen LogP contribution in [-0.2, 0) is 14.4 Å². The molecule has 0 spiro atoms. The van der Waals surface area contributed by atoms with Crippen LogP contribution in [0.1, 0.15) is 17.8 Å². The van der Waals surface area contributed by atoms with E-state index in [1.807, 2.05) is 19.9 Å². The van der Waals surface area contributed by atoms with Crippen LogP contribution in [0.2, 0.25) is 0 Å². The van der Waals surface area contributed by atoms with E-state index in [4.69, 9.17) is 0 Å². The third-order valence-corrected chi connectivity index (χ3v) is 6.06. The molecule has 10 nitrogen and oxygen atoms in total. The van der Waals surface area contributed by atoms with E-state index in [0.29, 0.717) is 29.7 Å². The highest BCUT2D eigenvalue weighted by molar-refractivity contribution is 7.99. The molecule has 1 fully saturated rings. The Morgan fingerprint density at radius 2 is 2.00 bits per heavy atom. The first-order chi connectivity index (χ1) is 15.8. The number of amides is 3. The summed E-state index contributed by atoms with van der Waals surface area (Å²) in [7, 11) is 0. The zero-order valence-electron chi connectivity index (χ0n) is 18.0. The van der Waals surface area contributed by atoms with Crippen LogP contribution in [0.25, 0.3) is 5.78 Å². The highest BCUT2D eigenvalue weighted by Gasteiger charge is 2.34. The van der Waals surface area contributed by atoms with Crippen LogP contribution in [0.3, 0.4) is 0 Å². The number of hydrogen-bond donors (Lipinski definition) is 2. The second-order valence-corrected chi connectivity index (χ2v) is 8.54. The molecule has 0 unspecified atom stereocenters. The number of fused-ring (bicyclic) bond motifs is 1. The Labute approximate surface area is 193 Å². The molecule has 3 heterocycles. The number of aromatic nitrogens is 4. The van der Waals surface area contributed by atoms with Crippen molar-refractivity contribution in [2.24, 2.45) is 0 Å². The van der Waals surface area contributed by atoms with Crippen molar-refractivity contribution in [2.45, 2.75) is 31.5 Å². The summed E-state index contributed by atoms with van der Waals surface area (Å²) in [5.74, 6) is -1.07. The average molecular weight is 472 g/mol. The predicted octanol–water partition coefficient (Wildman–Crippen LogP) is 1.33. The summed E-state index contributed by atoms with van der Waals surface area (Å²) in [4.78, 5) is 43.7. The molecule has 1 saturated heterocycles. The van der Waals surface area contributed by atoms with Gasteiger partial charge in [0.1, 0.15) is 11.9 Å². The molecule has 0 saturated carbocycles. The lowest BCUT2D eigenvalue weighted by atomic mass is 10.1. The third-order valence-electron chi connectivity index (χ3n) is 5.15. The van der Waals surface area contributed by atoms with E-state index in [1.54, 1.807) is 4.40 Å². The number of rotatable bonds is 6. The van der Waals surface area contributed by atoms with Crippen molar-refractivity contribution in [3.8, 4) is 0 Å². The monoisotopic (exact) mass is 471 g/mol. The highest BCUT2D eigenvalue weighted by atomic mass is 32.2. The normalized spacial score (nSPS) is 16.0. The maximum atomic E-state index is 13.1. The standard InChI is InChI=1S/C21H22FN7O3S/c1-12-9-13(2)29-20(24-12)26-27-21(29)33-11-18(31)28-8-7-23-19(32)16(28)10-17(30)25-15-5-3-14(22)4-6-15/h3-6,9,16H,7-8,10-11H2,1-2H3,(H,23,32)(H,25,30)/t16-/m0/s1. The van der Waals surface area contributed by atoms with Crippen molar-refractivity contribution in [1.29, 1.82) is 0 Å². The Morgan fingerprint density at radius 3 is 2.76 bits per heavy atom. The SMILES string of the molecule is Cc1cc(C)n2c(SCC(=O)N3CCNC(=O)[C@@H]3CC(=O)Nc3ccc(F)cc3)nnc2n1. The lowest BCUT2D eigenvalue weighted by Crippen LogP contribution is -2.58. The molecule has 4 rings (SSSR count). The minimum Gasteiger partial charge on any atom is -0.353 e. The number of aryl methyl sites for hydroxylation is 2. The van der Waals surface area contributed by atoms with Crippen molar-refractivity contribution in [2.75, 3.05) is 24.2 Å². The molecule has 33 heavy (non-hydrogen) atoms. The first-order valence-corrected chi connectivity index (χ1v) is 11.2. The Bertz CT molecular complexity index is 1210. The number of nitrogens with zero attached hydrogens (tertiary/aromatic N) is 5. The lowest BCUT2D eigenvalue weighted by molar-refractivity contribution is -0.142. The first kappa shape index (κ1) is 22.6. The van der Waals surface area contributed by atoms with Gasteiger partial charge in [0.25, 0.3) is 5.78 Å². The molecule has 12 heteroatoms. The van der Waals surface area contributed by atoms with Crippen molar-refractivity contribution < 1.29 is 18.8 Å². The van der Waals surface area contributed by atoms with Crippen molar-refractivity contribution >= 4 is 40.9 Å². The van der Waals surface area contributed by atoms with Gasteiger partial charge < -0.3 is 15.5 Å². The predicted molar refractivity (Wildman–Crippen MR) is 119 cm³/mol. The number of anilines is 1. The zero-order valence-corrected chi connectivity index (χ0v) is 18.9. The van der Waals surface area contributed by atoms with Crippen LogP contribution in [0.5, 0.6) is 0 Å². The molecule has 1 aliphatic heterocycles. The number of thioether (sulfide) groups is 1. The maximum Gasteiger partial charge on any atom is 0.256 e. The van der Waals surface area contributed by atoms with Crippen LogP contribution >= 0.6 is 11.8 Å². The minimum atomic E-state index is -0.937. The molecule has 1 aliphatic rings. The Morgan fingerprint density at radius 1 is 1.24 bits per heavy atom. The first-order valence-electron chi connectivity index (χ1n) is 10.3. The average Bonchev–Trinajstić information content (AvgIpc) is 3.18. The maximum absolute atomic E-state index is 13.1. The molecule has 2 N–H and O–H groups in total. The van der Waals surface area contributed by atoms with Crippen LogP contribution in [0.4, 0.5) is 10.1 Å². The molecular formula is C21H22FN7O3S. The second-order valence-electron chi connectivity index (χ2n) is 7.60. The van der Waals surface area contributed by atoms with Crippen LogP contribution in [-0.4, -0.2) is 67.1 Å². The van der Waals surface area contributed by atoms with E-state index in [0.717, 1.165) is 11.4 Å². The largest absolute Gasteiger partial charge is 0.353 e. The molecule has 3 aromatic rings. The topological polar surface area (TPSA) is 122 Å². The second kappa shape index (κ2) is 9.53. The number of halogens is 1. The lowest BCUT2D eigenvalue weighted by Gasteiger charge is -2.34. The van der Waals surface area contributed by atoms with Gasteiger partial charge >= 0.3 is 0 Å². The molecule has 172 valence electrons. The number of nitrogens with one attached hydrogen (secondary N) is 2. The summed E-state index contributed by atoms with van der Waals surface area (Å²) < 4.78 is 14.8.